The highest BCUT2D eigenvalue weighted by molar-refractivity contribution is 7.15. The lowest BCUT2D eigenvalue weighted by atomic mass is 9.90. The molecule has 2 aliphatic heterocycles. The average molecular weight is 693 g/mol. The van der Waals surface area contributed by atoms with E-state index in [2.05, 4.69) is 53.2 Å². The van der Waals surface area contributed by atoms with Gasteiger partial charge in [0.2, 0.25) is 12.4 Å². The zero-order valence-electron chi connectivity index (χ0n) is 28.8. The molecule has 0 aliphatic carbocycles. The van der Waals surface area contributed by atoms with Gasteiger partial charge in [0, 0.05) is 76.6 Å². The van der Waals surface area contributed by atoms with Crippen LogP contribution in [0.5, 0.6) is 0 Å². The van der Waals surface area contributed by atoms with Crippen LogP contribution in [0.15, 0.2) is 54.6 Å². The van der Waals surface area contributed by atoms with Crippen LogP contribution >= 0.6 is 11.3 Å². The molecule has 1 aromatic heterocycles. The first-order valence-electron chi connectivity index (χ1n) is 16.4. The Hall–Kier alpha value is -4.10. The number of carbonyl (C=O) groups excluding carboxylic acids is 4. The first-order chi connectivity index (χ1) is 23.4. The average Bonchev–Trinajstić information content (AvgIpc) is 3.50. The van der Waals surface area contributed by atoms with E-state index < -0.39 is 54.6 Å². The number of likely N-dealkylation sites (N-methyl/N-ethyl adjacent to an activating group) is 1. The summed E-state index contributed by atoms with van der Waals surface area (Å²) in [7, 11) is 2.16. The lowest BCUT2D eigenvalue weighted by Crippen LogP contribution is -2.59. The molecule has 5 unspecified atom stereocenters. The number of esters is 4. The Balaban J connectivity index is 1.40. The third-order valence-corrected chi connectivity index (χ3v) is 9.76. The molecule has 2 aliphatic rings. The summed E-state index contributed by atoms with van der Waals surface area (Å²) < 4.78 is 28.2. The van der Waals surface area contributed by atoms with Crippen LogP contribution in [-0.2, 0) is 55.8 Å². The maximum absolute atomic E-state index is 12.3. The number of benzene rings is 2. The minimum atomic E-state index is -1.43. The van der Waals surface area contributed by atoms with Crippen molar-refractivity contribution in [3.05, 3.63) is 81.7 Å². The van der Waals surface area contributed by atoms with Gasteiger partial charge in [-0.2, -0.15) is 0 Å². The van der Waals surface area contributed by atoms with Crippen molar-refractivity contribution in [3.63, 3.8) is 0 Å². The van der Waals surface area contributed by atoms with Gasteiger partial charge in [-0.15, -0.1) is 11.3 Å². The van der Waals surface area contributed by atoms with E-state index in [0.717, 1.165) is 55.7 Å². The lowest BCUT2D eigenvalue weighted by molar-refractivity contribution is -0.298. The molecular formula is C37H44N2O9S. The van der Waals surface area contributed by atoms with E-state index in [1.165, 1.54) is 36.8 Å². The second-order valence-corrected chi connectivity index (χ2v) is 13.8. The Morgan fingerprint density at radius 1 is 0.776 bits per heavy atom. The summed E-state index contributed by atoms with van der Waals surface area (Å²) in [5, 5.41) is 0. The molecule has 3 heterocycles. The molecule has 0 amide bonds. The fraction of sp³-hybridized carbons (Fsp3) is 0.459. The lowest BCUT2D eigenvalue weighted by Gasteiger charge is -2.44. The Labute approximate surface area is 291 Å². The number of rotatable bonds is 10. The molecule has 2 fully saturated rings. The molecule has 262 valence electrons. The van der Waals surface area contributed by atoms with E-state index >= 15 is 0 Å². The van der Waals surface area contributed by atoms with Crippen molar-refractivity contribution in [1.29, 1.82) is 0 Å². The van der Waals surface area contributed by atoms with Crippen molar-refractivity contribution in [3.8, 4) is 10.4 Å². The van der Waals surface area contributed by atoms with Gasteiger partial charge in [0.15, 0.2) is 12.2 Å². The molecule has 0 spiro atoms. The minimum absolute atomic E-state index is 0.607. The van der Waals surface area contributed by atoms with Crippen LogP contribution in [0.3, 0.4) is 0 Å². The van der Waals surface area contributed by atoms with Gasteiger partial charge < -0.3 is 28.6 Å². The summed E-state index contributed by atoms with van der Waals surface area (Å²) in [5.74, 6) is -2.78. The molecule has 0 N–H and O–H groups in total. The van der Waals surface area contributed by atoms with Crippen molar-refractivity contribution < 1.29 is 42.9 Å². The quantitative estimate of drug-likeness (QED) is 0.215. The van der Waals surface area contributed by atoms with Crippen molar-refractivity contribution in [2.24, 2.45) is 0 Å². The second-order valence-electron chi connectivity index (χ2n) is 12.7. The van der Waals surface area contributed by atoms with Crippen LogP contribution in [0.25, 0.3) is 10.4 Å². The summed E-state index contributed by atoms with van der Waals surface area (Å²) in [6.07, 6.45) is -5.72. The highest BCUT2D eigenvalue weighted by atomic mass is 32.1. The van der Waals surface area contributed by atoms with Crippen LogP contribution in [0, 0.1) is 6.92 Å². The van der Waals surface area contributed by atoms with Gasteiger partial charge in [-0.1, -0.05) is 36.4 Å². The van der Waals surface area contributed by atoms with E-state index in [9.17, 15) is 19.2 Å². The van der Waals surface area contributed by atoms with Gasteiger partial charge in [0.05, 0.1) is 0 Å². The highest BCUT2D eigenvalue weighted by Gasteiger charge is 2.53. The SMILES string of the molecule is CC(=O)OC1OC(c2ccc(C)c(Cc3ccc(-c4cccc(CN5CCN(C)CC5)c4)s3)c2)C(OC(C)=O)C(OC(C)=O)C1OC(C)=O. The van der Waals surface area contributed by atoms with Crippen LogP contribution in [0.4, 0.5) is 0 Å². The van der Waals surface area contributed by atoms with Crippen LogP contribution in [-0.4, -0.2) is 91.5 Å². The number of ether oxygens (including phenoxy) is 5. The molecule has 0 radical (unpaired) electrons. The fourth-order valence-corrected chi connectivity index (χ4v) is 7.29. The van der Waals surface area contributed by atoms with Crippen molar-refractivity contribution >= 4 is 35.2 Å². The van der Waals surface area contributed by atoms with Crippen molar-refractivity contribution in [2.75, 3.05) is 33.2 Å². The Morgan fingerprint density at radius 3 is 2.10 bits per heavy atom. The number of carbonyl (C=O) groups is 4. The third-order valence-electron chi connectivity index (χ3n) is 8.62. The second kappa shape index (κ2) is 16.1. The molecule has 11 nitrogen and oxygen atoms in total. The van der Waals surface area contributed by atoms with E-state index in [4.69, 9.17) is 23.7 Å². The topological polar surface area (TPSA) is 121 Å². The van der Waals surface area contributed by atoms with Gasteiger partial charge in [-0.25, -0.2) is 0 Å². The monoisotopic (exact) mass is 692 g/mol. The summed E-state index contributed by atoms with van der Waals surface area (Å²) in [6, 6.07) is 18.7. The van der Waals surface area contributed by atoms with Crippen molar-refractivity contribution in [2.45, 2.75) is 78.3 Å². The smallest absolute Gasteiger partial charge is 0.305 e. The summed E-state index contributed by atoms with van der Waals surface area (Å²) in [4.78, 5) is 55.8. The normalized spacial score (nSPS) is 23.0. The summed E-state index contributed by atoms with van der Waals surface area (Å²) >= 11 is 1.73. The highest BCUT2D eigenvalue weighted by Crippen LogP contribution is 2.39. The number of piperazine rings is 1. The van der Waals surface area contributed by atoms with E-state index in [1.54, 1.807) is 11.3 Å². The van der Waals surface area contributed by atoms with Crippen LogP contribution < -0.4 is 0 Å². The maximum atomic E-state index is 12.3. The van der Waals surface area contributed by atoms with Gasteiger partial charge in [-0.3, -0.25) is 24.1 Å². The van der Waals surface area contributed by atoms with E-state index in [-0.39, 0.29) is 0 Å². The Bertz CT molecular complexity index is 1660. The fourth-order valence-electron chi connectivity index (χ4n) is 6.26. The van der Waals surface area contributed by atoms with Crippen molar-refractivity contribution in [1.82, 2.24) is 9.80 Å². The number of hydrogen-bond acceptors (Lipinski definition) is 12. The number of aryl methyl sites for hydroxylation is 1. The molecule has 0 bridgehead atoms. The first kappa shape index (κ1) is 36.2. The Morgan fingerprint density at radius 2 is 1.43 bits per heavy atom. The molecule has 5 atom stereocenters. The number of nitrogens with zero attached hydrogens (tertiary/aromatic N) is 2. The summed E-state index contributed by atoms with van der Waals surface area (Å²) in [6.45, 7) is 12.0. The molecule has 3 aromatic rings. The number of thiophene rings is 1. The van der Waals surface area contributed by atoms with Crippen LogP contribution in [0.1, 0.15) is 60.9 Å². The Kier molecular flexibility index (Phi) is 11.9. The molecule has 49 heavy (non-hydrogen) atoms. The predicted octanol–water partition coefficient (Wildman–Crippen LogP) is 4.82. The van der Waals surface area contributed by atoms with Gasteiger partial charge >= 0.3 is 23.9 Å². The standard InChI is InChI=1S/C37H44N2O9S/c1-22-10-11-29(33-34(44-23(2)40)35(45-24(3)41)36(46-25(4)42)37(48-33)47-26(5)43)19-30(22)20-31-12-13-32(49-31)28-9-7-8-27(18-28)21-39-16-14-38(6)15-17-39/h7-13,18-19,33-37H,14-17,20-21H2,1-6H3. The van der Waals surface area contributed by atoms with Crippen LogP contribution in [0.2, 0.25) is 0 Å². The van der Waals surface area contributed by atoms with Gasteiger partial charge in [0.1, 0.15) is 6.10 Å². The minimum Gasteiger partial charge on any atom is -0.455 e. The van der Waals surface area contributed by atoms with Gasteiger partial charge in [0.25, 0.3) is 0 Å². The maximum Gasteiger partial charge on any atom is 0.305 e. The molecular weight excluding hydrogens is 648 g/mol. The van der Waals surface area contributed by atoms with E-state index in [0.29, 0.717) is 12.0 Å². The molecule has 2 saturated heterocycles. The molecule has 5 rings (SSSR count). The zero-order valence-corrected chi connectivity index (χ0v) is 29.6. The summed E-state index contributed by atoms with van der Waals surface area (Å²) in [5.41, 5.74) is 5.14. The van der Waals surface area contributed by atoms with E-state index in [1.807, 2.05) is 25.1 Å². The molecule has 2 aromatic carbocycles. The number of hydrogen-bond donors (Lipinski definition) is 0. The predicted molar refractivity (Wildman–Crippen MR) is 183 cm³/mol. The molecule has 12 heteroatoms. The largest absolute Gasteiger partial charge is 0.455 e. The third kappa shape index (κ3) is 9.54. The zero-order chi connectivity index (χ0) is 35.2. The molecule has 0 saturated carbocycles. The first-order valence-corrected chi connectivity index (χ1v) is 17.2. The van der Waals surface area contributed by atoms with Gasteiger partial charge in [-0.05, 0) is 60.0 Å².